The van der Waals surface area contributed by atoms with Crippen LogP contribution >= 0.6 is 0 Å². The number of piperidine rings is 1. The third kappa shape index (κ3) is 2.63. The fourth-order valence-corrected chi connectivity index (χ4v) is 3.10. The molecule has 3 rings (SSSR count). The Hall–Kier alpha value is -1.94. The first-order valence-corrected chi connectivity index (χ1v) is 7.54. The monoisotopic (exact) mass is 283 g/mol. The van der Waals surface area contributed by atoms with Crippen LogP contribution < -0.4 is 5.73 Å². The highest BCUT2D eigenvalue weighted by Crippen LogP contribution is 2.25. The third-order valence-electron chi connectivity index (χ3n) is 4.58. The van der Waals surface area contributed by atoms with Gasteiger partial charge in [0.2, 0.25) is 0 Å². The minimum Gasteiger partial charge on any atom is -0.338 e. The summed E-state index contributed by atoms with van der Waals surface area (Å²) in [7, 11) is 0. The van der Waals surface area contributed by atoms with E-state index in [0.29, 0.717) is 18.4 Å². The number of hydrogen-bond acceptors (Lipinski definition) is 3. The van der Waals surface area contributed by atoms with E-state index in [2.05, 4.69) is 11.9 Å². The first-order chi connectivity index (χ1) is 10.2. The normalized spacial score (nSPS) is 22.5. The zero-order valence-corrected chi connectivity index (χ0v) is 12.3. The fraction of sp³-hybridized carbons (Fsp3) is 0.412. The molecule has 2 unspecified atom stereocenters. The van der Waals surface area contributed by atoms with Crippen molar-refractivity contribution in [2.75, 3.05) is 19.6 Å². The maximum Gasteiger partial charge on any atom is 0.254 e. The van der Waals surface area contributed by atoms with Crippen LogP contribution in [0.25, 0.3) is 10.9 Å². The SMILES string of the molecule is CC1CCN(C(=O)c2cccc3ncccc23)CC1CN. The van der Waals surface area contributed by atoms with Crippen molar-refractivity contribution < 1.29 is 4.79 Å². The molecular formula is C17H21N3O. The molecule has 2 heterocycles. The maximum atomic E-state index is 12.8. The summed E-state index contributed by atoms with van der Waals surface area (Å²) in [6.07, 6.45) is 2.78. The van der Waals surface area contributed by atoms with Crippen LogP contribution in [-0.2, 0) is 0 Å². The highest BCUT2D eigenvalue weighted by Gasteiger charge is 2.28. The molecule has 1 aliphatic heterocycles. The molecule has 0 aliphatic carbocycles. The number of fused-ring (bicyclic) bond motifs is 1. The molecule has 0 spiro atoms. The van der Waals surface area contributed by atoms with E-state index in [1.54, 1.807) is 6.20 Å². The van der Waals surface area contributed by atoms with Crippen LogP contribution in [0.3, 0.4) is 0 Å². The van der Waals surface area contributed by atoms with Gasteiger partial charge in [-0.15, -0.1) is 0 Å². The molecule has 1 aliphatic rings. The highest BCUT2D eigenvalue weighted by atomic mass is 16.2. The molecule has 0 saturated carbocycles. The average molecular weight is 283 g/mol. The van der Waals surface area contributed by atoms with Gasteiger partial charge in [0.25, 0.3) is 5.91 Å². The van der Waals surface area contributed by atoms with Crippen LogP contribution in [-0.4, -0.2) is 35.4 Å². The zero-order valence-electron chi connectivity index (χ0n) is 12.3. The number of carbonyl (C=O) groups is 1. The van der Waals surface area contributed by atoms with Crippen molar-refractivity contribution in [3.8, 4) is 0 Å². The maximum absolute atomic E-state index is 12.8. The Morgan fingerprint density at radius 1 is 1.38 bits per heavy atom. The van der Waals surface area contributed by atoms with Gasteiger partial charge in [0.05, 0.1) is 5.52 Å². The van der Waals surface area contributed by atoms with Gasteiger partial charge in [-0.3, -0.25) is 9.78 Å². The molecule has 4 heteroatoms. The van der Waals surface area contributed by atoms with E-state index in [0.717, 1.165) is 36.0 Å². The Morgan fingerprint density at radius 3 is 3.05 bits per heavy atom. The molecule has 0 bridgehead atoms. The number of nitrogens with zero attached hydrogens (tertiary/aromatic N) is 2. The number of carbonyl (C=O) groups excluding carboxylic acids is 1. The lowest BCUT2D eigenvalue weighted by atomic mass is 9.87. The lowest BCUT2D eigenvalue weighted by molar-refractivity contribution is 0.0620. The molecule has 21 heavy (non-hydrogen) atoms. The van der Waals surface area contributed by atoms with E-state index >= 15 is 0 Å². The predicted octanol–water partition coefficient (Wildman–Crippen LogP) is 2.29. The minimum atomic E-state index is 0.0963. The summed E-state index contributed by atoms with van der Waals surface area (Å²) >= 11 is 0. The Labute approximate surface area is 125 Å². The summed E-state index contributed by atoms with van der Waals surface area (Å²) in [4.78, 5) is 19.1. The first-order valence-electron chi connectivity index (χ1n) is 7.54. The number of hydrogen-bond donors (Lipinski definition) is 1. The van der Waals surface area contributed by atoms with Gasteiger partial charge in [-0.05, 0) is 43.0 Å². The Morgan fingerprint density at radius 2 is 2.24 bits per heavy atom. The molecule has 1 aromatic heterocycles. The first kappa shape index (κ1) is 14.0. The number of pyridine rings is 1. The van der Waals surface area contributed by atoms with Crippen molar-refractivity contribution in [2.45, 2.75) is 13.3 Å². The molecule has 1 amide bonds. The van der Waals surface area contributed by atoms with Crippen LogP contribution in [0.5, 0.6) is 0 Å². The highest BCUT2D eigenvalue weighted by molar-refractivity contribution is 6.06. The van der Waals surface area contributed by atoms with Gasteiger partial charge < -0.3 is 10.6 Å². The smallest absolute Gasteiger partial charge is 0.254 e. The summed E-state index contributed by atoms with van der Waals surface area (Å²) in [5.41, 5.74) is 7.44. The van der Waals surface area contributed by atoms with Gasteiger partial charge in [-0.25, -0.2) is 0 Å². The Bertz CT molecular complexity index is 650. The zero-order chi connectivity index (χ0) is 14.8. The lowest BCUT2D eigenvalue weighted by Gasteiger charge is -2.36. The van der Waals surface area contributed by atoms with E-state index in [1.165, 1.54) is 0 Å². The van der Waals surface area contributed by atoms with Crippen LogP contribution in [0.15, 0.2) is 36.5 Å². The molecule has 2 N–H and O–H groups in total. The van der Waals surface area contributed by atoms with Crippen LogP contribution in [0.2, 0.25) is 0 Å². The van der Waals surface area contributed by atoms with E-state index in [-0.39, 0.29) is 5.91 Å². The molecule has 2 aromatic rings. The second kappa shape index (κ2) is 5.82. The summed E-state index contributed by atoms with van der Waals surface area (Å²) in [6, 6.07) is 9.56. The summed E-state index contributed by atoms with van der Waals surface area (Å²) < 4.78 is 0. The average Bonchev–Trinajstić information content (AvgIpc) is 2.54. The molecule has 0 radical (unpaired) electrons. The van der Waals surface area contributed by atoms with Gasteiger partial charge in [0.1, 0.15) is 0 Å². The summed E-state index contributed by atoms with van der Waals surface area (Å²) in [5.74, 6) is 1.09. The number of amides is 1. The number of likely N-dealkylation sites (tertiary alicyclic amines) is 1. The van der Waals surface area contributed by atoms with Crippen molar-refractivity contribution in [1.29, 1.82) is 0 Å². The van der Waals surface area contributed by atoms with Gasteiger partial charge >= 0.3 is 0 Å². The van der Waals surface area contributed by atoms with Crippen LogP contribution in [0.4, 0.5) is 0 Å². The second-order valence-electron chi connectivity index (χ2n) is 5.89. The van der Waals surface area contributed by atoms with E-state index in [9.17, 15) is 4.79 Å². The molecule has 2 atom stereocenters. The van der Waals surface area contributed by atoms with Gasteiger partial charge in [0, 0.05) is 30.2 Å². The fourth-order valence-electron chi connectivity index (χ4n) is 3.10. The molecule has 110 valence electrons. The summed E-state index contributed by atoms with van der Waals surface area (Å²) in [5, 5.41) is 0.924. The standard InChI is InChI=1S/C17H21N3O/c1-12-7-9-20(11-13(12)10-18)17(21)15-4-2-6-16-14(15)5-3-8-19-16/h2-6,8,12-13H,7,9-11,18H2,1H3. The van der Waals surface area contributed by atoms with Crippen molar-refractivity contribution in [1.82, 2.24) is 9.88 Å². The second-order valence-corrected chi connectivity index (χ2v) is 5.89. The van der Waals surface area contributed by atoms with Crippen molar-refractivity contribution in [3.05, 3.63) is 42.1 Å². The molecular weight excluding hydrogens is 262 g/mol. The number of nitrogens with two attached hydrogens (primary N) is 1. The lowest BCUT2D eigenvalue weighted by Crippen LogP contribution is -2.45. The van der Waals surface area contributed by atoms with Crippen molar-refractivity contribution in [3.63, 3.8) is 0 Å². The number of aromatic nitrogens is 1. The largest absolute Gasteiger partial charge is 0.338 e. The number of benzene rings is 1. The van der Waals surface area contributed by atoms with E-state index in [4.69, 9.17) is 5.73 Å². The molecule has 1 fully saturated rings. The van der Waals surface area contributed by atoms with E-state index in [1.807, 2.05) is 35.2 Å². The van der Waals surface area contributed by atoms with Crippen LogP contribution in [0.1, 0.15) is 23.7 Å². The van der Waals surface area contributed by atoms with Gasteiger partial charge in [0.15, 0.2) is 0 Å². The third-order valence-corrected chi connectivity index (χ3v) is 4.58. The Balaban J connectivity index is 1.90. The molecule has 1 saturated heterocycles. The predicted molar refractivity (Wildman–Crippen MR) is 84.0 cm³/mol. The molecule has 4 nitrogen and oxygen atoms in total. The van der Waals surface area contributed by atoms with Crippen molar-refractivity contribution >= 4 is 16.8 Å². The van der Waals surface area contributed by atoms with Crippen LogP contribution in [0, 0.1) is 11.8 Å². The quantitative estimate of drug-likeness (QED) is 0.920. The molecule has 1 aromatic carbocycles. The Kier molecular flexibility index (Phi) is 3.88. The van der Waals surface area contributed by atoms with Crippen molar-refractivity contribution in [2.24, 2.45) is 17.6 Å². The summed E-state index contributed by atoms with van der Waals surface area (Å²) in [6.45, 7) is 4.43. The van der Waals surface area contributed by atoms with E-state index < -0.39 is 0 Å². The number of rotatable bonds is 2. The van der Waals surface area contributed by atoms with Gasteiger partial charge in [-0.2, -0.15) is 0 Å². The van der Waals surface area contributed by atoms with Gasteiger partial charge in [-0.1, -0.05) is 19.1 Å². The topological polar surface area (TPSA) is 59.2 Å². The minimum absolute atomic E-state index is 0.0963.